The molecule has 0 aliphatic carbocycles. The van der Waals surface area contributed by atoms with Crippen LogP contribution in [0.5, 0.6) is 0 Å². The van der Waals surface area contributed by atoms with Crippen LogP contribution in [0, 0.1) is 0 Å². The van der Waals surface area contributed by atoms with E-state index in [1.165, 1.54) is 11.3 Å². The van der Waals surface area contributed by atoms with Gasteiger partial charge in [-0.05, 0) is 6.54 Å². The summed E-state index contributed by atoms with van der Waals surface area (Å²) in [4.78, 5) is 20.6. The van der Waals surface area contributed by atoms with Crippen molar-refractivity contribution < 1.29 is 9.90 Å². The largest absolute Gasteiger partial charge is 0.481 e. The topological polar surface area (TPSA) is 56.7 Å². The monoisotopic (exact) mass is 269 g/mol. The number of aromatic nitrogens is 1. The van der Waals surface area contributed by atoms with Crippen molar-refractivity contribution in [2.75, 3.05) is 32.7 Å². The van der Waals surface area contributed by atoms with E-state index in [0.717, 1.165) is 49.2 Å². The molecule has 0 radical (unpaired) electrons. The highest BCUT2D eigenvalue weighted by molar-refractivity contribution is 7.11. The fraction of sp³-hybridized carbons (Fsp3) is 0.667. The van der Waals surface area contributed by atoms with Crippen LogP contribution >= 0.6 is 11.3 Å². The van der Waals surface area contributed by atoms with Gasteiger partial charge in [0.2, 0.25) is 0 Å². The molecular weight excluding hydrogens is 250 g/mol. The molecule has 18 heavy (non-hydrogen) atoms. The summed E-state index contributed by atoms with van der Waals surface area (Å²) in [5.74, 6) is -0.790. The SMILES string of the molecule is CCN1CCN(Cc2ncc(CC(=O)O)s2)CC1. The van der Waals surface area contributed by atoms with Crippen LogP contribution < -0.4 is 0 Å². The van der Waals surface area contributed by atoms with Gasteiger partial charge in [0.25, 0.3) is 0 Å². The normalized spacial score (nSPS) is 18.1. The van der Waals surface area contributed by atoms with E-state index in [-0.39, 0.29) is 6.42 Å². The number of carboxylic acid groups (broad SMARTS) is 1. The molecule has 1 saturated heterocycles. The van der Waals surface area contributed by atoms with E-state index in [9.17, 15) is 4.79 Å². The number of likely N-dealkylation sites (N-methyl/N-ethyl adjacent to an activating group) is 1. The lowest BCUT2D eigenvalue weighted by Gasteiger charge is -2.33. The lowest BCUT2D eigenvalue weighted by atomic mass is 10.3. The molecule has 2 heterocycles. The third-order valence-corrected chi connectivity index (χ3v) is 4.18. The van der Waals surface area contributed by atoms with E-state index >= 15 is 0 Å². The smallest absolute Gasteiger partial charge is 0.308 e. The highest BCUT2D eigenvalue weighted by atomic mass is 32.1. The van der Waals surface area contributed by atoms with Crippen LogP contribution in [-0.2, 0) is 17.8 Å². The Morgan fingerprint density at radius 3 is 2.67 bits per heavy atom. The van der Waals surface area contributed by atoms with Gasteiger partial charge in [-0.25, -0.2) is 4.98 Å². The molecule has 0 saturated carbocycles. The van der Waals surface area contributed by atoms with Gasteiger partial charge in [0, 0.05) is 37.3 Å². The van der Waals surface area contributed by atoms with Gasteiger partial charge in [0.05, 0.1) is 13.0 Å². The Hall–Kier alpha value is -0.980. The third kappa shape index (κ3) is 3.76. The number of carboxylic acids is 1. The van der Waals surface area contributed by atoms with E-state index in [4.69, 9.17) is 5.11 Å². The van der Waals surface area contributed by atoms with E-state index in [1.807, 2.05) is 0 Å². The molecular formula is C12H19N3O2S. The minimum Gasteiger partial charge on any atom is -0.481 e. The third-order valence-electron chi connectivity index (χ3n) is 3.20. The Bertz CT molecular complexity index is 400. The average molecular weight is 269 g/mol. The summed E-state index contributed by atoms with van der Waals surface area (Å²) in [6, 6.07) is 0. The molecule has 1 aromatic heterocycles. The zero-order valence-electron chi connectivity index (χ0n) is 10.6. The molecule has 0 bridgehead atoms. The van der Waals surface area contributed by atoms with Gasteiger partial charge in [-0.2, -0.15) is 0 Å². The minimum atomic E-state index is -0.790. The number of rotatable bonds is 5. The Kier molecular flexibility index (Phi) is 4.68. The van der Waals surface area contributed by atoms with Crippen LogP contribution in [0.15, 0.2) is 6.20 Å². The number of piperazine rings is 1. The molecule has 6 heteroatoms. The number of aliphatic carboxylic acids is 1. The van der Waals surface area contributed by atoms with E-state index in [1.54, 1.807) is 6.20 Å². The first-order valence-corrected chi connectivity index (χ1v) is 7.09. The first-order chi connectivity index (χ1) is 8.67. The maximum Gasteiger partial charge on any atom is 0.308 e. The van der Waals surface area contributed by atoms with Gasteiger partial charge in [-0.15, -0.1) is 11.3 Å². The molecule has 1 N–H and O–H groups in total. The number of hydrogen-bond donors (Lipinski definition) is 1. The van der Waals surface area contributed by atoms with Gasteiger partial charge in [-0.3, -0.25) is 9.69 Å². The summed E-state index contributed by atoms with van der Waals surface area (Å²) in [6.07, 6.45) is 1.78. The lowest BCUT2D eigenvalue weighted by molar-refractivity contribution is -0.136. The quantitative estimate of drug-likeness (QED) is 0.861. The van der Waals surface area contributed by atoms with Crippen molar-refractivity contribution >= 4 is 17.3 Å². The van der Waals surface area contributed by atoms with Gasteiger partial charge < -0.3 is 10.0 Å². The first-order valence-electron chi connectivity index (χ1n) is 6.27. The number of hydrogen-bond acceptors (Lipinski definition) is 5. The average Bonchev–Trinajstić information content (AvgIpc) is 2.76. The van der Waals surface area contributed by atoms with Crippen molar-refractivity contribution in [3.63, 3.8) is 0 Å². The maximum atomic E-state index is 10.6. The van der Waals surface area contributed by atoms with E-state index in [0.29, 0.717) is 0 Å². The van der Waals surface area contributed by atoms with Crippen molar-refractivity contribution in [2.24, 2.45) is 0 Å². The first kappa shape index (κ1) is 13.5. The standard InChI is InChI=1S/C12H19N3O2S/c1-2-14-3-5-15(6-4-14)9-11-13-8-10(18-11)7-12(16)17/h8H,2-7,9H2,1H3,(H,16,17). The predicted octanol–water partition coefficient (Wildman–Crippen LogP) is 0.908. The second-order valence-electron chi connectivity index (χ2n) is 4.50. The molecule has 1 aromatic rings. The van der Waals surface area contributed by atoms with Crippen LogP contribution in [0.25, 0.3) is 0 Å². The molecule has 0 atom stereocenters. The Labute approximate surface area is 111 Å². The number of carbonyl (C=O) groups is 1. The van der Waals surface area contributed by atoms with Crippen LogP contribution in [-0.4, -0.2) is 58.6 Å². The van der Waals surface area contributed by atoms with Crippen LogP contribution in [0.4, 0.5) is 0 Å². The summed E-state index contributed by atoms with van der Waals surface area (Å²) in [6.45, 7) is 8.53. The van der Waals surface area contributed by atoms with Crippen LogP contribution in [0.1, 0.15) is 16.8 Å². The minimum absolute atomic E-state index is 0.0846. The predicted molar refractivity (Wildman–Crippen MR) is 70.8 cm³/mol. The van der Waals surface area contributed by atoms with Crippen LogP contribution in [0.3, 0.4) is 0 Å². The molecule has 0 unspecified atom stereocenters. The summed E-state index contributed by atoms with van der Waals surface area (Å²) in [5, 5.41) is 9.74. The molecule has 1 aliphatic heterocycles. The Balaban J connectivity index is 1.83. The molecule has 1 fully saturated rings. The zero-order valence-corrected chi connectivity index (χ0v) is 11.4. The summed E-state index contributed by atoms with van der Waals surface area (Å²) >= 11 is 1.51. The molecule has 5 nitrogen and oxygen atoms in total. The summed E-state index contributed by atoms with van der Waals surface area (Å²) < 4.78 is 0. The van der Waals surface area contributed by atoms with Gasteiger partial charge in [0.1, 0.15) is 5.01 Å². The Morgan fingerprint density at radius 2 is 2.06 bits per heavy atom. The second-order valence-corrected chi connectivity index (χ2v) is 5.70. The maximum absolute atomic E-state index is 10.6. The molecule has 0 spiro atoms. The van der Waals surface area contributed by atoms with Crippen molar-refractivity contribution in [1.82, 2.24) is 14.8 Å². The molecule has 0 aromatic carbocycles. The van der Waals surface area contributed by atoms with Crippen molar-refractivity contribution in [3.05, 3.63) is 16.1 Å². The van der Waals surface area contributed by atoms with E-state index < -0.39 is 5.97 Å². The van der Waals surface area contributed by atoms with Gasteiger partial charge >= 0.3 is 5.97 Å². The molecule has 100 valence electrons. The van der Waals surface area contributed by atoms with E-state index in [2.05, 4.69) is 21.7 Å². The van der Waals surface area contributed by atoms with Crippen molar-refractivity contribution in [2.45, 2.75) is 19.9 Å². The Morgan fingerprint density at radius 1 is 1.39 bits per heavy atom. The zero-order chi connectivity index (χ0) is 13.0. The number of nitrogens with zero attached hydrogens (tertiary/aromatic N) is 3. The lowest BCUT2D eigenvalue weighted by Crippen LogP contribution is -2.45. The van der Waals surface area contributed by atoms with Crippen molar-refractivity contribution in [3.8, 4) is 0 Å². The number of thiazole rings is 1. The molecule has 2 rings (SSSR count). The molecule has 1 aliphatic rings. The fourth-order valence-electron chi connectivity index (χ4n) is 2.11. The van der Waals surface area contributed by atoms with Gasteiger partial charge in [0.15, 0.2) is 0 Å². The summed E-state index contributed by atoms with van der Waals surface area (Å²) in [5.41, 5.74) is 0. The second kappa shape index (κ2) is 6.26. The van der Waals surface area contributed by atoms with Gasteiger partial charge in [-0.1, -0.05) is 6.92 Å². The molecule has 0 amide bonds. The van der Waals surface area contributed by atoms with Crippen molar-refractivity contribution in [1.29, 1.82) is 0 Å². The summed E-state index contributed by atoms with van der Waals surface area (Å²) in [7, 11) is 0. The highest BCUT2D eigenvalue weighted by Gasteiger charge is 2.16. The van der Waals surface area contributed by atoms with Crippen LogP contribution in [0.2, 0.25) is 0 Å². The fourth-order valence-corrected chi connectivity index (χ4v) is 3.06. The highest BCUT2D eigenvalue weighted by Crippen LogP contribution is 2.16.